The van der Waals surface area contributed by atoms with E-state index in [2.05, 4.69) is 20.2 Å². The van der Waals surface area contributed by atoms with Crippen LogP contribution in [0.1, 0.15) is 31.2 Å². The number of nitrogens with zero attached hydrogens (tertiary/aromatic N) is 3. The van der Waals surface area contributed by atoms with E-state index in [9.17, 15) is 8.42 Å². The Bertz CT molecular complexity index is 858. The summed E-state index contributed by atoms with van der Waals surface area (Å²) in [4.78, 5) is 11.6. The summed E-state index contributed by atoms with van der Waals surface area (Å²) < 4.78 is 23.8. The van der Waals surface area contributed by atoms with Crippen molar-refractivity contribution in [3.8, 4) is 0 Å². The molecule has 0 spiro atoms. The zero-order valence-electron chi connectivity index (χ0n) is 15.6. The summed E-state index contributed by atoms with van der Waals surface area (Å²) in [7, 11) is -3.14. The maximum Gasteiger partial charge on any atom is 0.178 e. The van der Waals surface area contributed by atoms with E-state index < -0.39 is 9.84 Å². The van der Waals surface area contributed by atoms with E-state index in [4.69, 9.17) is 0 Å². The molecule has 0 radical (unpaired) electrons. The minimum absolute atomic E-state index is 0.130. The van der Waals surface area contributed by atoms with E-state index in [1.165, 1.54) is 0 Å². The molecular formula is C19H26N4O2S. The van der Waals surface area contributed by atoms with Crippen LogP contribution in [0, 0.1) is 13.8 Å². The smallest absolute Gasteiger partial charge is 0.178 e. The molecule has 2 heterocycles. The fourth-order valence-corrected chi connectivity index (χ4v) is 4.06. The minimum atomic E-state index is -3.14. The number of aryl methyl sites for hydroxylation is 2. The summed E-state index contributed by atoms with van der Waals surface area (Å²) in [5.74, 6) is 1.00. The maximum absolute atomic E-state index is 11.9. The number of rotatable bonds is 5. The highest BCUT2D eigenvalue weighted by Gasteiger charge is 2.21. The SMILES string of the molecule is CCS(=O)(=O)c1ccc(N2CCC(Nc3nc(C)cnc3C)CC2)cc1. The highest BCUT2D eigenvalue weighted by atomic mass is 32.2. The first-order valence-electron chi connectivity index (χ1n) is 9.03. The average molecular weight is 375 g/mol. The second kappa shape index (κ2) is 7.61. The van der Waals surface area contributed by atoms with E-state index in [0.717, 1.165) is 48.8 Å². The Labute approximate surface area is 155 Å². The van der Waals surface area contributed by atoms with Crippen molar-refractivity contribution in [1.82, 2.24) is 9.97 Å². The Morgan fingerprint density at radius 3 is 2.42 bits per heavy atom. The average Bonchev–Trinajstić information content (AvgIpc) is 2.65. The van der Waals surface area contributed by atoms with Crippen molar-refractivity contribution in [3.05, 3.63) is 41.9 Å². The second-order valence-corrected chi connectivity index (χ2v) is 9.03. The fourth-order valence-electron chi connectivity index (χ4n) is 3.18. The molecule has 1 aliphatic rings. The van der Waals surface area contributed by atoms with Gasteiger partial charge < -0.3 is 10.2 Å². The highest BCUT2D eigenvalue weighted by Crippen LogP contribution is 2.24. The molecule has 2 aromatic rings. The normalized spacial score (nSPS) is 15.9. The lowest BCUT2D eigenvalue weighted by Gasteiger charge is -2.34. The van der Waals surface area contributed by atoms with E-state index in [0.29, 0.717) is 10.9 Å². The second-order valence-electron chi connectivity index (χ2n) is 6.75. The number of aromatic nitrogens is 2. The van der Waals surface area contributed by atoms with Crippen molar-refractivity contribution in [1.29, 1.82) is 0 Å². The monoisotopic (exact) mass is 374 g/mol. The molecule has 0 atom stereocenters. The zero-order valence-corrected chi connectivity index (χ0v) is 16.4. The molecule has 0 unspecified atom stereocenters. The van der Waals surface area contributed by atoms with E-state index in [1.807, 2.05) is 26.0 Å². The third-order valence-electron chi connectivity index (χ3n) is 4.85. The molecule has 1 aromatic carbocycles. The lowest BCUT2D eigenvalue weighted by molar-refractivity contribution is 0.525. The van der Waals surface area contributed by atoms with Gasteiger partial charge in [0.1, 0.15) is 5.82 Å². The number of hydrogen-bond donors (Lipinski definition) is 1. The molecule has 3 rings (SSSR count). The maximum atomic E-state index is 11.9. The van der Waals surface area contributed by atoms with Gasteiger partial charge in [-0.1, -0.05) is 6.92 Å². The third-order valence-corrected chi connectivity index (χ3v) is 6.60. The standard InChI is InChI=1S/C19H26N4O2S/c1-4-26(24,25)18-7-5-17(6-8-18)23-11-9-16(10-12-23)22-19-15(3)20-13-14(2)21-19/h5-8,13,16H,4,9-12H2,1-3H3,(H,21,22). The molecule has 26 heavy (non-hydrogen) atoms. The van der Waals surface area contributed by atoms with Crippen LogP contribution in [-0.4, -0.2) is 43.3 Å². The quantitative estimate of drug-likeness (QED) is 0.867. The summed E-state index contributed by atoms with van der Waals surface area (Å²) in [6.45, 7) is 7.44. The van der Waals surface area contributed by atoms with Gasteiger partial charge in [0.25, 0.3) is 0 Å². The van der Waals surface area contributed by atoms with Crippen LogP contribution in [0.4, 0.5) is 11.5 Å². The lowest BCUT2D eigenvalue weighted by atomic mass is 10.0. The molecule has 1 aromatic heterocycles. The Morgan fingerprint density at radius 1 is 1.15 bits per heavy atom. The molecule has 6 nitrogen and oxygen atoms in total. The van der Waals surface area contributed by atoms with Gasteiger partial charge in [-0.15, -0.1) is 0 Å². The number of nitrogens with one attached hydrogen (secondary N) is 1. The largest absolute Gasteiger partial charge is 0.371 e. The molecule has 0 saturated carbocycles. The number of sulfone groups is 1. The van der Waals surface area contributed by atoms with Crippen molar-refractivity contribution < 1.29 is 8.42 Å². The zero-order chi connectivity index (χ0) is 18.7. The van der Waals surface area contributed by atoms with Crippen LogP contribution in [-0.2, 0) is 9.84 Å². The van der Waals surface area contributed by atoms with Gasteiger partial charge in [0, 0.05) is 31.0 Å². The first kappa shape index (κ1) is 18.6. The number of benzene rings is 1. The molecule has 1 saturated heterocycles. The lowest BCUT2D eigenvalue weighted by Crippen LogP contribution is -2.39. The van der Waals surface area contributed by atoms with E-state index in [-0.39, 0.29) is 5.75 Å². The van der Waals surface area contributed by atoms with Gasteiger partial charge in [-0.25, -0.2) is 13.4 Å². The molecule has 1 fully saturated rings. The van der Waals surface area contributed by atoms with Gasteiger partial charge in [-0.05, 0) is 51.0 Å². The molecule has 140 valence electrons. The predicted molar refractivity (Wildman–Crippen MR) is 105 cm³/mol. The molecule has 0 bridgehead atoms. The Kier molecular flexibility index (Phi) is 5.46. The van der Waals surface area contributed by atoms with Gasteiger partial charge in [0.15, 0.2) is 9.84 Å². The van der Waals surface area contributed by atoms with Gasteiger partial charge >= 0.3 is 0 Å². The summed E-state index contributed by atoms with van der Waals surface area (Å²) >= 11 is 0. The topological polar surface area (TPSA) is 75.2 Å². The molecule has 0 aliphatic carbocycles. The van der Waals surface area contributed by atoms with Crippen molar-refractivity contribution in [2.75, 3.05) is 29.1 Å². The molecule has 0 amide bonds. The van der Waals surface area contributed by atoms with Crippen molar-refractivity contribution in [2.24, 2.45) is 0 Å². The van der Waals surface area contributed by atoms with Crippen LogP contribution in [0.2, 0.25) is 0 Å². The van der Waals surface area contributed by atoms with Gasteiger partial charge in [0.05, 0.1) is 22.0 Å². The summed E-state index contributed by atoms with van der Waals surface area (Å²) in [6, 6.07) is 7.62. The van der Waals surface area contributed by atoms with Crippen LogP contribution in [0.3, 0.4) is 0 Å². The summed E-state index contributed by atoms with van der Waals surface area (Å²) in [5, 5.41) is 3.52. The van der Waals surface area contributed by atoms with Crippen molar-refractivity contribution in [2.45, 2.75) is 44.6 Å². The molecular weight excluding hydrogens is 348 g/mol. The van der Waals surface area contributed by atoms with E-state index in [1.54, 1.807) is 25.3 Å². The molecule has 1 aliphatic heterocycles. The summed E-state index contributed by atoms with van der Waals surface area (Å²) in [5.41, 5.74) is 2.91. The predicted octanol–water partition coefficient (Wildman–Crippen LogP) is 2.97. The first-order valence-corrected chi connectivity index (χ1v) is 10.7. The Balaban J connectivity index is 1.61. The third kappa shape index (κ3) is 4.15. The van der Waals surface area contributed by atoms with Gasteiger partial charge in [-0.2, -0.15) is 0 Å². The van der Waals surface area contributed by atoms with Crippen molar-refractivity contribution in [3.63, 3.8) is 0 Å². The van der Waals surface area contributed by atoms with E-state index >= 15 is 0 Å². The first-order chi connectivity index (χ1) is 12.4. The number of hydrogen-bond acceptors (Lipinski definition) is 6. The summed E-state index contributed by atoms with van der Waals surface area (Å²) in [6.07, 6.45) is 3.79. The van der Waals surface area contributed by atoms with Crippen molar-refractivity contribution >= 4 is 21.3 Å². The van der Waals surface area contributed by atoms with Gasteiger partial charge in [-0.3, -0.25) is 4.98 Å². The Morgan fingerprint density at radius 2 is 1.81 bits per heavy atom. The minimum Gasteiger partial charge on any atom is -0.371 e. The van der Waals surface area contributed by atoms with Crippen LogP contribution in [0.25, 0.3) is 0 Å². The van der Waals surface area contributed by atoms with Crippen LogP contribution >= 0.6 is 0 Å². The highest BCUT2D eigenvalue weighted by molar-refractivity contribution is 7.91. The fraction of sp³-hybridized carbons (Fsp3) is 0.474. The number of anilines is 2. The van der Waals surface area contributed by atoms with Crippen LogP contribution < -0.4 is 10.2 Å². The Hall–Kier alpha value is -2.15. The molecule has 1 N–H and O–H groups in total. The van der Waals surface area contributed by atoms with Gasteiger partial charge in [0.2, 0.25) is 0 Å². The van der Waals surface area contributed by atoms with Crippen LogP contribution in [0.5, 0.6) is 0 Å². The molecule has 7 heteroatoms. The van der Waals surface area contributed by atoms with Crippen LogP contribution in [0.15, 0.2) is 35.4 Å². The number of piperidine rings is 1.